The van der Waals surface area contributed by atoms with Crippen molar-refractivity contribution >= 4 is 0 Å². The van der Waals surface area contributed by atoms with Crippen molar-refractivity contribution in [2.24, 2.45) is 0 Å². The highest BCUT2D eigenvalue weighted by Gasteiger charge is 2.32. The fraction of sp³-hybridized carbons (Fsp3) is 0.684. The molecule has 0 aromatic heterocycles. The molecule has 0 spiro atoms. The number of piperidine rings is 1. The highest BCUT2D eigenvalue weighted by Crippen LogP contribution is 2.35. The van der Waals surface area contributed by atoms with E-state index in [4.69, 9.17) is 4.74 Å². The van der Waals surface area contributed by atoms with E-state index in [1.54, 1.807) is 0 Å². The largest absolute Gasteiger partial charge is 0.487 e. The third-order valence-electron chi connectivity index (χ3n) is 5.32. The summed E-state index contributed by atoms with van der Waals surface area (Å²) in [6.45, 7) is 7.89. The minimum Gasteiger partial charge on any atom is -0.487 e. The van der Waals surface area contributed by atoms with E-state index in [1.807, 2.05) is 0 Å². The molecule has 1 N–H and O–H groups in total. The van der Waals surface area contributed by atoms with Gasteiger partial charge in [-0.3, -0.25) is 0 Å². The van der Waals surface area contributed by atoms with Crippen LogP contribution >= 0.6 is 0 Å². The molecular weight excluding hydrogens is 272 g/mol. The fourth-order valence-electron chi connectivity index (χ4n) is 3.94. The van der Waals surface area contributed by atoms with E-state index in [0.29, 0.717) is 6.04 Å². The van der Waals surface area contributed by atoms with Crippen molar-refractivity contribution < 1.29 is 4.74 Å². The van der Waals surface area contributed by atoms with Crippen LogP contribution in [0.4, 0.5) is 0 Å². The zero-order valence-electron chi connectivity index (χ0n) is 13.9. The number of nitrogens with zero attached hydrogens (tertiary/aromatic N) is 1. The molecule has 3 heteroatoms. The molecule has 1 saturated heterocycles. The van der Waals surface area contributed by atoms with Crippen LogP contribution < -0.4 is 10.1 Å². The van der Waals surface area contributed by atoms with Crippen molar-refractivity contribution in [3.8, 4) is 5.75 Å². The van der Waals surface area contributed by atoms with E-state index >= 15 is 0 Å². The summed E-state index contributed by atoms with van der Waals surface area (Å²) in [7, 11) is 0. The summed E-state index contributed by atoms with van der Waals surface area (Å²) in [5, 5.41) is 3.76. The smallest absolute Gasteiger partial charge is 0.123 e. The van der Waals surface area contributed by atoms with Crippen molar-refractivity contribution in [2.45, 2.75) is 70.2 Å². The molecule has 2 fully saturated rings. The second-order valence-corrected chi connectivity index (χ2v) is 7.90. The Morgan fingerprint density at radius 3 is 2.68 bits per heavy atom. The summed E-state index contributed by atoms with van der Waals surface area (Å²) in [5.41, 5.74) is 2.72. The average Bonchev–Trinajstić information content (AvgIpc) is 3.28. The second kappa shape index (κ2) is 5.54. The molecule has 1 saturated carbocycles. The van der Waals surface area contributed by atoms with Crippen LogP contribution in [0, 0.1) is 0 Å². The maximum Gasteiger partial charge on any atom is 0.123 e. The normalized spacial score (nSPS) is 25.0. The third kappa shape index (κ3) is 3.16. The van der Waals surface area contributed by atoms with Gasteiger partial charge in [-0.25, -0.2) is 0 Å². The monoisotopic (exact) mass is 300 g/mol. The Balaban J connectivity index is 1.29. The van der Waals surface area contributed by atoms with Gasteiger partial charge in [0.1, 0.15) is 11.4 Å². The Bertz CT molecular complexity index is 542. The van der Waals surface area contributed by atoms with Gasteiger partial charge in [0.05, 0.1) is 0 Å². The zero-order valence-corrected chi connectivity index (χ0v) is 13.9. The average molecular weight is 300 g/mol. The van der Waals surface area contributed by atoms with E-state index in [2.05, 4.69) is 42.3 Å². The van der Waals surface area contributed by atoms with Gasteiger partial charge >= 0.3 is 0 Å². The van der Waals surface area contributed by atoms with Crippen LogP contribution in [-0.4, -0.2) is 35.7 Å². The molecule has 1 aromatic carbocycles. The molecule has 4 rings (SSSR count). The lowest BCUT2D eigenvalue weighted by Crippen LogP contribution is -2.43. The Morgan fingerprint density at radius 1 is 1.18 bits per heavy atom. The molecule has 120 valence electrons. The number of fused-ring (bicyclic) bond motifs is 1. The molecule has 3 aliphatic rings. The Morgan fingerprint density at radius 2 is 1.95 bits per heavy atom. The first-order valence-corrected chi connectivity index (χ1v) is 8.87. The number of benzene rings is 1. The van der Waals surface area contributed by atoms with Crippen molar-refractivity contribution in [1.29, 1.82) is 0 Å². The zero-order chi connectivity index (χ0) is 15.2. The summed E-state index contributed by atoms with van der Waals surface area (Å²) in [4.78, 5) is 2.69. The van der Waals surface area contributed by atoms with Gasteiger partial charge < -0.3 is 15.0 Å². The van der Waals surface area contributed by atoms with E-state index in [-0.39, 0.29) is 5.60 Å². The van der Waals surface area contributed by atoms with Crippen molar-refractivity contribution in [3.05, 3.63) is 29.3 Å². The summed E-state index contributed by atoms with van der Waals surface area (Å²) in [5.74, 6) is 1.08. The Kier molecular flexibility index (Phi) is 3.66. The van der Waals surface area contributed by atoms with Gasteiger partial charge in [0, 0.05) is 25.0 Å². The van der Waals surface area contributed by atoms with Gasteiger partial charge in [-0.2, -0.15) is 0 Å². The Hall–Kier alpha value is -1.06. The number of hydrogen-bond acceptors (Lipinski definition) is 3. The molecular formula is C19H28N2O. The van der Waals surface area contributed by atoms with Gasteiger partial charge in [0.2, 0.25) is 0 Å². The lowest BCUT2D eigenvalue weighted by Gasteiger charge is -2.32. The first-order valence-electron chi connectivity index (χ1n) is 8.87. The second-order valence-electron chi connectivity index (χ2n) is 7.90. The Labute approximate surface area is 134 Å². The van der Waals surface area contributed by atoms with Gasteiger partial charge in [-0.05, 0) is 69.8 Å². The van der Waals surface area contributed by atoms with Crippen LogP contribution in [0.3, 0.4) is 0 Å². The number of nitrogens with one attached hydrogen (secondary N) is 1. The van der Waals surface area contributed by atoms with Crippen LogP contribution in [0.2, 0.25) is 0 Å². The first kappa shape index (κ1) is 14.5. The molecule has 2 heterocycles. The molecule has 0 radical (unpaired) electrons. The van der Waals surface area contributed by atoms with Gasteiger partial charge in [-0.15, -0.1) is 0 Å². The summed E-state index contributed by atoms with van der Waals surface area (Å²) < 4.78 is 5.96. The number of rotatable bonds is 4. The lowest BCUT2D eigenvalue weighted by atomic mass is 10.00. The predicted molar refractivity (Wildman–Crippen MR) is 89.3 cm³/mol. The predicted octanol–water partition coefficient (Wildman–Crippen LogP) is 3.12. The number of hydrogen-bond donors (Lipinski definition) is 1. The molecule has 0 amide bonds. The highest BCUT2D eigenvalue weighted by molar-refractivity contribution is 5.41. The lowest BCUT2D eigenvalue weighted by molar-refractivity contribution is 0.138. The van der Waals surface area contributed by atoms with Crippen LogP contribution in [0.25, 0.3) is 0 Å². The summed E-state index contributed by atoms with van der Waals surface area (Å²) in [6, 6.07) is 8.32. The standard InChI is InChI=1S/C19H28N2O/c1-19(2)12-15-11-14(3-6-18(15)22-19)13-20-16-7-9-21(10-8-16)17-4-5-17/h3,6,11,16-17,20H,4-5,7-10,12-13H2,1-2H3. The van der Waals surface area contributed by atoms with Gasteiger partial charge in [0.15, 0.2) is 0 Å². The third-order valence-corrected chi connectivity index (χ3v) is 5.32. The maximum atomic E-state index is 5.96. The quantitative estimate of drug-likeness (QED) is 0.924. The first-order chi connectivity index (χ1) is 10.6. The minimum atomic E-state index is -0.0377. The molecule has 3 nitrogen and oxygen atoms in total. The summed E-state index contributed by atoms with van der Waals surface area (Å²) in [6.07, 6.45) is 6.50. The topological polar surface area (TPSA) is 24.5 Å². The van der Waals surface area contributed by atoms with E-state index < -0.39 is 0 Å². The minimum absolute atomic E-state index is 0.0377. The molecule has 2 aliphatic heterocycles. The van der Waals surface area contributed by atoms with Crippen molar-refractivity contribution in [1.82, 2.24) is 10.2 Å². The highest BCUT2D eigenvalue weighted by atomic mass is 16.5. The van der Waals surface area contributed by atoms with E-state index in [9.17, 15) is 0 Å². The SMILES string of the molecule is CC1(C)Cc2cc(CNC3CCN(C4CC4)CC3)ccc2O1. The van der Waals surface area contributed by atoms with Gasteiger partial charge in [-0.1, -0.05) is 12.1 Å². The van der Waals surface area contributed by atoms with E-state index in [1.165, 1.54) is 49.9 Å². The van der Waals surface area contributed by atoms with Crippen LogP contribution in [0.1, 0.15) is 50.7 Å². The fourth-order valence-corrected chi connectivity index (χ4v) is 3.94. The molecule has 1 aliphatic carbocycles. The maximum absolute atomic E-state index is 5.96. The molecule has 22 heavy (non-hydrogen) atoms. The molecule has 1 aromatic rings. The molecule has 0 atom stereocenters. The summed E-state index contributed by atoms with van der Waals surface area (Å²) >= 11 is 0. The van der Waals surface area contributed by atoms with Crippen LogP contribution in [-0.2, 0) is 13.0 Å². The van der Waals surface area contributed by atoms with Gasteiger partial charge in [0.25, 0.3) is 0 Å². The van der Waals surface area contributed by atoms with E-state index in [0.717, 1.165) is 24.8 Å². The van der Waals surface area contributed by atoms with Crippen molar-refractivity contribution in [3.63, 3.8) is 0 Å². The van der Waals surface area contributed by atoms with Crippen molar-refractivity contribution in [2.75, 3.05) is 13.1 Å². The molecule has 0 bridgehead atoms. The number of likely N-dealkylation sites (tertiary alicyclic amines) is 1. The van der Waals surface area contributed by atoms with Crippen LogP contribution in [0.5, 0.6) is 5.75 Å². The number of ether oxygens (including phenoxy) is 1. The molecule has 0 unspecified atom stereocenters. The van der Waals surface area contributed by atoms with Crippen LogP contribution in [0.15, 0.2) is 18.2 Å².